The molecule has 118 valence electrons. The lowest BCUT2D eigenvalue weighted by atomic mass is 9.73. The van der Waals surface area contributed by atoms with Crippen LogP contribution < -0.4 is 5.32 Å². The van der Waals surface area contributed by atoms with E-state index < -0.39 is 0 Å². The Hall–Kier alpha value is -0.120. The Morgan fingerprint density at radius 1 is 1.15 bits per heavy atom. The van der Waals surface area contributed by atoms with E-state index in [2.05, 4.69) is 31.1 Å². The molecule has 1 N–H and O–H groups in total. The Bertz CT molecular complexity index is 268. The lowest BCUT2D eigenvalue weighted by molar-refractivity contribution is 0.0191. The average Bonchev–Trinajstić information content (AvgIpc) is 2.47. The summed E-state index contributed by atoms with van der Waals surface area (Å²) in [6.45, 7) is 8.88. The number of nitrogens with zero attached hydrogens (tertiary/aromatic N) is 1. The molecule has 1 aliphatic carbocycles. The van der Waals surface area contributed by atoms with Gasteiger partial charge in [0.05, 0.1) is 0 Å². The summed E-state index contributed by atoms with van der Waals surface area (Å²) in [7, 11) is 2.34. The molecule has 0 bridgehead atoms. The molecule has 0 aromatic carbocycles. The van der Waals surface area contributed by atoms with Gasteiger partial charge in [-0.15, -0.1) is 0 Å². The highest BCUT2D eigenvalue weighted by Crippen LogP contribution is 2.37. The summed E-state index contributed by atoms with van der Waals surface area (Å²) in [6.07, 6.45) is 9.50. The fraction of sp³-hybridized carbons (Fsp3) is 1.00. The monoisotopic (exact) mass is 282 g/mol. The van der Waals surface area contributed by atoms with E-state index in [-0.39, 0.29) is 0 Å². The SMILES string of the molecule is CC(C)NCC1(CN(C)C2CCOCC2)CCCCC1. The molecule has 20 heavy (non-hydrogen) atoms. The largest absolute Gasteiger partial charge is 0.381 e. The van der Waals surface area contributed by atoms with Crippen LogP contribution in [0.25, 0.3) is 0 Å². The van der Waals surface area contributed by atoms with Crippen LogP contribution in [-0.4, -0.2) is 50.3 Å². The Morgan fingerprint density at radius 3 is 2.40 bits per heavy atom. The summed E-state index contributed by atoms with van der Waals surface area (Å²) < 4.78 is 5.50. The zero-order chi connectivity index (χ0) is 14.4. The van der Waals surface area contributed by atoms with Gasteiger partial charge in [-0.25, -0.2) is 0 Å². The van der Waals surface area contributed by atoms with E-state index in [4.69, 9.17) is 4.74 Å². The summed E-state index contributed by atoms with van der Waals surface area (Å²) in [5.74, 6) is 0. The van der Waals surface area contributed by atoms with Crippen LogP contribution in [0.5, 0.6) is 0 Å². The highest BCUT2D eigenvalue weighted by molar-refractivity contribution is 4.89. The number of ether oxygens (including phenoxy) is 1. The molecular weight excluding hydrogens is 248 g/mol. The Morgan fingerprint density at radius 2 is 1.80 bits per heavy atom. The second-order valence-electron chi connectivity index (χ2n) is 7.35. The Kier molecular flexibility index (Phi) is 6.31. The molecule has 2 rings (SSSR count). The number of nitrogens with one attached hydrogen (secondary N) is 1. The third kappa shape index (κ3) is 4.71. The number of rotatable bonds is 6. The van der Waals surface area contributed by atoms with Crippen molar-refractivity contribution >= 4 is 0 Å². The first-order valence-electron chi connectivity index (χ1n) is 8.63. The molecule has 0 spiro atoms. The molecule has 1 heterocycles. The standard InChI is InChI=1S/C17H34N2O/c1-15(2)18-13-17(9-5-4-6-10-17)14-19(3)16-7-11-20-12-8-16/h15-16,18H,4-14H2,1-3H3. The van der Waals surface area contributed by atoms with Crippen LogP contribution in [0.15, 0.2) is 0 Å². The molecule has 0 atom stereocenters. The van der Waals surface area contributed by atoms with Crippen molar-refractivity contribution in [3.63, 3.8) is 0 Å². The van der Waals surface area contributed by atoms with E-state index >= 15 is 0 Å². The van der Waals surface area contributed by atoms with Crippen LogP contribution in [0.4, 0.5) is 0 Å². The summed E-state index contributed by atoms with van der Waals surface area (Å²) in [4.78, 5) is 2.63. The maximum atomic E-state index is 5.50. The third-order valence-corrected chi connectivity index (χ3v) is 5.20. The fourth-order valence-electron chi connectivity index (χ4n) is 3.90. The van der Waals surface area contributed by atoms with Crippen molar-refractivity contribution in [3.05, 3.63) is 0 Å². The zero-order valence-electron chi connectivity index (χ0n) is 13.8. The smallest absolute Gasteiger partial charge is 0.0480 e. The van der Waals surface area contributed by atoms with Gasteiger partial charge in [0.15, 0.2) is 0 Å². The molecule has 1 saturated heterocycles. The summed E-state index contributed by atoms with van der Waals surface area (Å²) >= 11 is 0. The van der Waals surface area contributed by atoms with Gasteiger partial charge < -0.3 is 15.0 Å². The molecule has 0 aromatic rings. The van der Waals surface area contributed by atoms with Crippen LogP contribution in [0.1, 0.15) is 58.8 Å². The van der Waals surface area contributed by atoms with Crippen LogP contribution in [0.3, 0.4) is 0 Å². The first-order chi connectivity index (χ1) is 9.61. The average molecular weight is 282 g/mol. The van der Waals surface area contributed by atoms with Crippen LogP contribution in [-0.2, 0) is 4.74 Å². The molecule has 1 aliphatic heterocycles. The topological polar surface area (TPSA) is 24.5 Å². The quantitative estimate of drug-likeness (QED) is 0.810. The van der Waals surface area contributed by atoms with Gasteiger partial charge in [0.1, 0.15) is 0 Å². The van der Waals surface area contributed by atoms with Crippen molar-refractivity contribution in [2.45, 2.75) is 70.9 Å². The molecule has 0 amide bonds. The first kappa shape index (κ1) is 16.3. The minimum absolute atomic E-state index is 0.509. The summed E-state index contributed by atoms with van der Waals surface area (Å²) in [5, 5.41) is 3.71. The van der Waals surface area contributed by atoms with Gasteiger partial charge in [-0.05, 0) is 38.1 Å². The predicted molar refractivity (Wildman–Crippen MR) is 85.1 cm³/mol. The molecule has 3 heteroatoms. The number of hydrogen-bond donors (Lipinski definition) is 1. The van der Waals surface area contributed by atoms with Gasteiger partial charge in [-0.2, -0.15) is 0 Å². The molecule has 3 nitrogen and oxygen atoms in total. The summed E-state index contributed by atoms with van der Waals surface area (Å²) in [5.41, 5.74) is 0.509. The van der Waals surface area contributed by atoms with Gasteiger partial charge in [-0.1, -0.05) is 33.1 Å². The molecule has 0 aromatic heterocycles. The van der Waals surface area contributed by atoms with Crippen molar-refractivity contribution in [2.75, 3.05) is 33.4 Å². The lowest BCUT2D eigenvalue weighted by Gasteiger charge is -2.43. The molecule has 0 radical (unpaired) electrons. The van der Waals surface area contributed by atoms with E-state index in [9.17, 15) is 0 Å². The molecular formula is C17H34N2O. The first-order valence-corrected chi connectivity index (χ1v) is 8.63. The minimum atomic E-state index is 0.509. The van der Waals surface area contributed by atoms with Crippen LogP contribution in [0.2, 0.25) is 0 Å². The van der Waals surface area contributed by atoms with Crippen molar-refractivity contribution in [3.8, 4) is 0 Å². The van der Waals surface area contributed by atoms with Gasteiger partial charge >= 0.3 is 0 Å². The Labute approximate surface area is 125 Å². The minimum Gasteiger partial charge on any atom is -0.381 e. The zero-order valence-corrected chi connectivity index (χ0v) is 13.8. The van der Waals surface area contributed by atoms with E-state index in [1.165, 1.54) is 58.0 Å². The fourth-order valence-corrected chi connectivity index (χ4v) is 3.90. The molecule has 2 aliphatic rings. The molecule has 0 unspecified atom stereocenters. The van der Waals surface area contributed by atoms with Gasteiger partial charge in [0, 0.05) is 38.4 Å². The highest BCUT2D eigenvalue weighted by Gasteiger charge is 2.34. The van der Waals surface area contributed by atoms with E-state index in [0.717, 1.165) is 19.3 Å². The maximum Gasteiger partial charge on any atom is 0.0480 e. The second kappa shape index (κ2) is 7.77. The maximum absolute atomic E-state index is 5.50. The van der Waals surface area contributed by atoms with Crippen LogP contribution >= 0.6 is 0 Å². The predicted octanol–water partition coefficient (Wildman–Crippen LogP) is 3.05. The van der Waals surface area contributed by atoms with Crippen molar-refractivity contribution in [1.29, 1.82) is 0 Å². The second-order valence-corrected chi connectivity index (χ2v) is 7.35. The van der Waals surface area contributed by atoms with E-state index in [1.807, 2.05) is 0 Å². The highest BCUT2D eigenvalue weighted by atomic mass is 16.5. The van der Waals surface area contributed by atoms with Gasteiger partial charge in [0.2, 0.25) is 0 Å². The lowest BCUT2D eigenvalue weighted by Crippen LogP contribution is -2.49. The third-order valence-electron chi connectivity index (χ3n) is 5.20. The van der Waals surface area contributed by atoms with Gasteiger partial charge in [0.25, 0.3) is 0 Å². The normalized spacial score (nSPS) is 24.4. The van der Waals surface area contributed by atoms with E-state index in [0.29, 0.717) is 11.5 Å². The van der Waals surface area contributed by atoms with Crippen LogP contribution in [0, 0.1) is 5.41 Å². The Balaban J connectivity index is 1.91. The van der Waals surface area contributed by atoms with E-state index in [1.54, 1.807) is 0 Å². The number of hydrogen-bond acceptors (Lipinski definition) is 3. The van der Waals surface area contributed by atoms with Crippen molar-refractivity contribution in [1.82, 2.24) is 10.2 Å². The molecule has 1 saturated carbocycles. The molecule has 2 fully saturated rings. The summed E-state index contributed by atoms with van der Waals surface area (Å²) in [6, 6.07) is 1.34. The van der Waals surface area contributed by atoms with Crippen molar-refractivity contribution < 1.29 is 4.74 Å². The van der Waals surface area contributed by atoms with Crippen molar-refractivity contribution in [2.24, 2.45) is 5.41 Å². The van der Waals surface area contributed by atoms with Gasteiger partial charge in [-0.3, -0.25) is 0 Å².